The minimum atomic E-state index is 0.139. The molecule has 1 N–H and O–H groups in total. The summed E-state index contributed by atoms with van der Waals surface area (Å²) in [6.45, 7) is 9.83. The molecule has 0 aromatic heterocycles. The summed E-state index contributed by atoms with van der Waals surface area (Å²) in [7, 11) is 3.24. The molecule has 0 radical (unpaired) electrons. The third-order valence-electron chi connectivity index (χ3n) is 5.47. The van der Waals surface area contributed by atoms with Crippen molar-refractivity contribution in [3.05, 3.63) is 59.7 Å². The maximum absolute atomic E-state index is 12.6. The highest BCUT2D eigenvalue weighted by Gasteiger charge is 2.33. The first-order chi connectivity index (χ1) is 14.0. The Labute approximate surface area is 175 Å². The van der Waals surface area contributed by atoms with E-state index in [1.165, 1.54) is 12.8 Å². The maximum atomic E-state index is 12.6. The van der Waals surface area contributed by atoms with E-state index in [0.717, 1.165) is 42.6 Å². The number of piperidine rings is 1. The number of ether oxygens (including phenoxy) is 2. The Balaban J connectivity index is 0.000000321. The largest absolute Gasteiger partial charge is 0.493 e. The molecule has 158 valence electrons. The van der Waals surface area contributed by atoms with Crippen molar-refractivity contribution in [2.45, 2.75) is 39.5 Å². The SMILES string of the molecule is C=C(C)/C=C\C=C/C.COc1cc2c(cc1OC)C(=O)C(CC1CCNCC1)C2. The number of Topliss-reactive ketones (excluding diaryl/α,β-unsaturated/α-hetero) is 1. The van der Waals surface area contributed by atoms with Gasteiger partial charge < -0.3 is 14.8 Å². The lowest BCUT2D eigenvalue weighted by atomic mass is 9.86. The van der Waals surface area contributed by atoms with E-state index in [9.17, 15) is 4.79 Å². The summed E-state index contributed by atoms with van der Waals surface area (Å²) in [4.78, 5) is 12.6. The second kappa shape index (κ2) is 11.6. The first-order valence-electron chi connectivity index (χ1n) is 10.4. The summed E-state index contributed by atoms with van der Waals surface area (Å²) in [5.74, 6) is 2.46. The molecule has 1 saturated heterocycles. The monoisotopic (exact) mass is 397 g/mol. The first-order valence-corrected chi connectivity index (χ1v) is 10.4. The number of carbonyl (C=O) groups excluding carboxylic acids is 1. The number of hydrogen-bond donors (Lipinski definition) is 1. The molecule has 0 bridgehead atoms. The molecule has 2 aliphatic rings. The van der Waals surface area contributed by atoms with Gasteiger partial charge in [0, 0.05) is 11.5 Å². The van der Waals surface area contributed by atoms with Crippen LogP contribution in [0.3, 0.4) is 0 Å². The molecule has 4 heteroatoms. The molecule has 1 aliphatic carbocycles. The van der Waals surface area contributed by atoms with Crippen LogP contribution in [0.4, 0.5) is 0 Å². The summed E-state index contributed by atoms with van der Waals surface area (Å²) in [6, 6.07) is 3.81. The van der Waals surface area contributed by atoms with E-state index in [2.05, 4.69) is 11.9 Å². The van der Waals surface area contributed by atoms with Crippen molar-refractivity contribution in [3.8, 4) is 11.5 Å². The van der Waals surface area contributed by atoms with Crippen LogP contribution in [-0.2, 0) is 6.42 Å². The van der Waals surface area contributed by atoms with Gasteiger partial charge in [0.1, 0.15) is 0 Å². The molecule has 1 aliphatic heterocycles. The predicted molar refractivity (Wildman–Crippen MR) is 120 cm³/mol. The zero-order valence-electron chi connectivity index (χ0n) is 18.3. The van der Waals surface area contributed by atoms with E-state index < -0.39 is 0 Å². The smallest absolute Gasteiger partial charge is 0.166 e. The number of ketones is 1. The quantitative estimate of drug-likeness (QED) is 0.675. The van der Waals surface area contributed by atoms with Crippen LogP contribution in [0.2, 0.25) is 0 Å². The normalized spacial score (nSPS) is 19.2. The molecule has 1 fully saturated rings. The zero-order valence-corrected chi connectivity index (χ0v) is 18.3. The number of carbonyl (C=O) groups is 1. The van der Waals surface area contributed by atoms with Crippen molar-refractivity contribution < 1.29 is 14.3 Å². The van der Waals surface area contributed by atoms with Gasteiger partial charge in [-0.1, -0.05) is 36.5 Å². The third kappa shape index (κ3) is 6.60. The molecule has 1 atom stereocenters. The molecule has 0 spiro atoms. The predicted octanol–water partition coefficient (Wildman–Crippen LogP) is 5.14. The molecule has 1 aromatic rings. The third-order valence-corrected chi connectivity index (χ3v) is 5.47. The Bertz CT molecular complexity index is 758. The minimum Gasteiger partial charge on any atom is -0.493 e. The maximum Gasteiger partial charge on any atom is 0.166 e. The van der Waals surface area contributed by atoms with Crippen molar-refractivity contribution in [2.75, 3.05) is 27.3 Å². The average molecular weight is 398 g/mol. The molecular weight excluding hydrogens is 362 g/mol. The average Bonchev–Trinajstić information content (AvgIpc) is 3.02. The van der Waals surface area contributed by atoms with Crippen LogP contribution in [0.15, 0.2) is 48.6 Å². The van der Waals surface area contributed by atoms with Crippen molar-refractivity contribution in [2.24, 2.45) is 11.8 Å². The molecular formula is C25H35NO3. The van der Waals surface area contributed by atoms with Crippen molar-refractivity contribution in [1.29, 1.82) is 0 Å². The Morgan fingerprint density at radius 2 is 1.83 bits per heavy atom. The van der Waals surface area contributed by atoms with Crippen LogP contribution in [0.5, 0.6) is 11.5 Å². The molecule has 1 aromatic carbocycles. The summed E-state index contributed by atoms with van der Waals surface area (Å²) in [6.07, 6.45) is 12.1. The van der Waals surface area contributed by atoms with E-state index in [1.807, 2.05) is 50.3 Å². The summed E-state index contributed by atoms with van der Waals surface area (Å²) in [5, 5.41) is 3.38. The summed E-state index contributed by atoms with van der Waals surface area (Å²) >= 11 is 0. The Morgan fingerprint density at radius 1 is 1.17 bits per heavy atom. The van der Waals surface area contributed by atoms with Crippen LogP contribution in [0, 0.1) is 11.8 Å². The lowest BCUT2D eigenvalue weighted by Gasteiger charge is -2.24. The summed E-state index contributed by atoms with van der Waals surface area (Å²) in [5.41, 5.74) is 3.02. The summed E-state index contributed by atoms with van der Waals surface area (Å²) < 4.78 is 10.6. The van der Waals surface area contributed by atoms with Gasteiger partial charge in [0.15, 0.2) is 17.3 Å². The molecule has 1 unspecified atom stereocenters. The van der Waals surface area contributed by atoms with Crippen LogP contribution < -0.4 is 14.8 Å². The topological polar surface area (TPSA) is 47.6 Å². The Hall–Kier alpha value is -2.33. The highest BCUT2D eigenvalue weighted by Crippen LogP contribution is 2.39. The Kier molecular flexibility index (Phi) is 9.20. The van der Waals surface area contributed by atoms with Gasteiger partial charge in [-0.15, -0.1) is 0 Å². The van der Waals surface area contributed by atoms with E-state index >= 15 is 0 Å². The molecule has 3 rings (SSSR count). The van der Waals surface area contributed by atoms with Gasteiger partial charge in [-0.3, -0.25) is 4.79 Å². The van der Waals surface area contributed by atoms with Gasteiger partial charge in [0.25, 0.3) is 0 Å². The van der Waals surface area contributed by atoms with E-state index in [0.29, 0.717) is 17.4 Å². The number of hydrogen-bond acceptors (Lipinski definition) is 4. The highest BCUT2D eigenvalue weighted by atomic mass is 16.5. The fourth-order valence-corrected chi connectivity index (χ4v) is 3.94. The minimum absolute atomic E-state index is 0.139. The standard InChI is InChI=1S/C17H23NO3.C8H12/c1-20-15-9-12-8-13(7-11-3-5-18-6-4-11)17(19)14(12)10-16(15)21-2;1-4-5-6-7-8(2)3/h9-11,13,18H,3-8H2,1-2H3;4-7H,2H2,1,3H3/b;5-4-,7-6-. The van der Waals surface area contributed by atoms with Crippen molar-refractivity contribution >= 4 is 5.78 Å². The van der Waals surface area contributed by atoms with Crippen LogP contribution in [-0.4, -0.2) is 33.1 Å². The zero-order chi connectivity index (χ0) is 21.2. The van der Waals surface area contributed by atoms with E-state index in [-0.39, 0.29) is 11.7 Å². The van der Waals surface area contributed by atoms with Gasteiger partial charge in [-0.05, 0) is 76.2 Å². The number of methoxy groups -OCH3 is 2. The van der Waals surface area contributed by atoms with Gasteiger partial charge in [-0.25, -0.2) is 0 Å². The fourth-order valence-electron chi connectivity index (χ4n) is 3.94. The molecule has 1 heterocycles. The van der Waals surface area contributed by atoms with Crippen molar-refractivity contribution in [3.63, 3.8) is 0 Å². The second-order valence-electron chi connectivity index (χ2n) is 7.79. The van der Waals surface area contributed by atoms with Gasteiger partial charge in [0.2, 0.25) is 0 Å². The number of rotatable bonds is 6. The van der Waals surface area contributed by atoms with Gasteiger partial charge in [0.05, 0.1) is 14.2 Å². The first kappa shape index (κ1) is 23.0. The highest BCUT2D eigenvalue weighted by molar-refractivity contribution is 6.02. The number of allylic oxidation sites excluding steroid dienone is 5. The molecule has 0 amide bonds. The van der Waals surface area contributed by atoms with Crippen LogP contribution >= 0.6 is 0 Å². The van der Waals surface area contributed by atoms with Crippen molar-refractivity contribution in [1.82, 2.24) is 5.32 Å². The fraction of sp³-hybridized carbons (Fsp3) is 0.480. The second-order valence-corrected chi connectivity index (χ2v) is 7.79. The van der Waals surface area contributed by atoms with Gasteiger partial charge >= 0.3 is 0 Å². The molecule has 29 heavy (non-hydrogen) atoms. The van der Waals surface area contributed by atoms with E-state index in [1.54, 1.807) is 14.2 Å². The molecule has 0 saturated carbocycles. The van der Waals surface area contributed by atoms with Crippen LogP contribution in [0.1, 0.15) is 49.0 Å². The van der Waals surface area contributed by atoms with Crippen LogP contribution in [0.25, 0.3) is 0 Å². The van der Waals surface area contributed by atoms with Gasteiger partial charge in [-0.2, -0.15) is 0 Å². The number of fused-ring (bicyclic) bond motifs is 1. The number of nitrogens with one attached hydrogen (secondary N) is 1. The van der Waals surface area contributed by atoms with E-state index in [4.69, 9.17) is 9.47 Å². The molecule has 4 nitrogen and oxygen atoms in total. The Morgan fingerprint density at radius 3 is 2.41 bits per heavy atom. The number of benzene rings is 1. The lowest BCUT2D eigenvalue weighted by molar-refractivity contribution is 0.0913. The lowest BCUT2D eigenvalue weighted by Crippen LogP contribution is -2.29.